The highest BCUT2D eigenvalue weighted by Crippen LogP contribution is 2.23. The molecule has 1 aromatic heterocycles. The van der Waals surface area contributed by atoms with Crippen LogP contribution in [0.2, 0.25) is 0 Å². The Kier molecular flexibility index (Phi) is 5.48. The topological polar surface area (TPSA) is 66.9 Å². The van der Waals surface area contributed by atoms with E-state index in [2.05, 4.69) is 20.6 Å². The summed E-state index contributed by atoms with van der Waals surface area (Å²) in [5.41, 5.74) is 3.36. The van der Waals surface area contributed by atoms with Crippen LogP contribution in [-0.4, -0.2) is 15.9 Å². The number of anilines is 3. The summed E-state index contributed by atoms with van der Waals surface area (Å²) in [5, 5.41) is 5.93. The zero-order valence-electron chi connectivity index (χ0n) is 16.3. The molecule has 0 bridgehead atoms. The Morgan fingerprint density at radius 1 is 0.833 bits per heavy atom. The summed E-state index contributed by atoms with van der Waals surface area (Å²) in [5.74, 6) is 0.535. The van der Waals surface area contributed by atoms with Crippen molar-refractivity contribution in [1.29, 1.82) is 0 Å². The fraction of sp³-hybridized carbons (Fsp3) is 0.0417. The van der Waals surface area contributed by atoms with Gasteiger partial charge in [-0.1, -0.05) is 42.5 Å². The lowest BCUT2D eigenvalue weighted by atomic mass is 10.1. The van der Waals surface area contributed by atoms with Crippen molar-refractivity contribution in [2.45, 2.75) is 6.92 Å². The van der Waals surface area contributed by atoms with E-state index in [1.54, 1.807) is 30.3 Å². The molecule has 5 nitrogen and oxygen atoms in total. The SMILES string of the molecule is Cc1nc(Nc2cccc(C(=O)Nc3cccc(F)c3)c2)cc(-c2ccccc2)n1. The van der Waals surface area contributed by atoms with E-state index in [1.807, 2.05) is 49.4 Å². The molecule has 0 saturated heterocycles. The number of nitrogens with one attached hydrogen (secondary N) is 2. The average molecular weight is 398 g/mol. The van der Waals surface area contributed by atoms with Gasteiger partial charge < -0.3 is 10.6 Å². The highest BCUT2D eigenvalue weighted by Gasteiger charge is 2.09. The Labute approximate surface area is 173 Å². The second kappa shape index (κ2) is 8.53. The first-order valence-corrected chi connectivity index (χ1v) is 9.42. The number of hydrogen-bond acceptors (Lipinski definition) is 4. The van der Waals surface area contributed by atoms with Crippen LogP contribution in [0.4, 0.5) is 21.6 Å². The van der Waals surface area contributed by atoms with Crippen molar-refractivity contribution in [3.05, 3.63) is 102 Å². The minimum Gasteiger partial charge on any atom is -0.340 e. The fourth-order valence-electron chi connectivity index (χ4n) is 3.04. The van der Waals surface area contributed by atoms with Gasteiger partial charge in [0.2, 0.25) is 0 Å². The van der Waals surface area contributed by atoms with Crippen molar-refractivity contribution in [3.8, 4) is 11.3 Å². The Balaban J connectivity index is 1.55. The van der Waals surface area contributed by atoms with E-state index in [1.165, 1.54) is 12.1 Å². The van der Waals surface area contributed by atoms with Gasteiger partial charge in [0.15, 0.2) is 0 Å². The molecule has 0 aliphatic heterocycles. The molecule has 6 heteroatoms. The standard InChI is InChI=1S/C24H19FN4O/c1-16-26-22(17-7-3-2-4-8-17)15-23(27-16)28-20-11-5-9-18(13-20)24(30)29-21-12-6-10-19(25)14-21/h2-15H,1H3,(H,29,30)(H,26,27,28). The van der Waals surface area contributed by atoms with E-state index < -0.39 is 5.82 Å². The highest BCUT2D eigenvalue weighted by atomic mass is 19.1. The van der Waals surface area contributed by atoms with Gasteiger partial charge in [0.25, 0.3) is 5.91 Å². The lowest BCUT2D eigenvalue weighted by Crippen LogP contribution is -2.12. The summed E-state index contributed by atoms with van der Waals surface area (Å²) in [6.45, 7) is 1.83. The third-order valence-electron chi connectivity index (χ3n) is 4.39. The number of aryl methyl sites for hydroxylation is 1. The molecule has 4 rings (SSSR count). The van der Waals surface area contributed by atoms with Crippen LogP contribution in [0.3, 0.4) is 0 Å². The zero-order chi connectivity index (χ0) is 20.9. The fourth-order valence-corrected chi connectivity index (χ4v) is 3.04. The number of halogens is 1. The predicted molar refractivity (Wildman–Crippen MR) is 116 cm³/mol. The number of carbonyl (C=O) groups excluding carboxylic acids is 1. The van der Waals surface area contributed by atoms with Gasteiger partial charge in [-0.05, 0) is 43.3 Å². The van der Waals surface area contributed by atoms with Crippen molar-refractivity contribution in [2.75, 3.05) is 10.6 Å². The number of benzene rings is 3. The molecule has 30 heavy (non-hydrogen) atoms. The summed E-state index contributed by atoms with van der Waals surface area (Å²) in [7, 11) is 0. The molecule has 0 saturated carbocycles. The van der Waals surface area contributed by atoms with Crippen molar-refractivity contribution >= 4 is 23.1 Å². The van der Waals surface area contributed by atoms with E-state index in [0.717, 1.165) is 11.3 Å². The molecule has 0 aliphatic rings. The quantitative estimate of drug-likeness (QED) is 0.460. The zero-order valence-corrected chi connectivity index (χ0v) is 16.3. The van der Waals surface area contributed by atoms with Crippen LogP contribution in [0.1, 0.15) is 16.2 Å². The molecular formula is C24H19FN4O. The third kappa shape index (κ3) is 4.67. The van der Waals surface area contributed by atoms with E-state index in [-0.39, 0.29) is 5.91 Å². The highest BCUT2D eigenvalue weighted by molar-refractivity contribution is 6.04. The van der Waals surface area contributed by atoms with Gasteiger partial charge >= 0.3 is 0 Å². The molecule has 0 fully saturated rings. The van der Waals surface area contributed by atoms with Crippen LogP contribution >= 0.6 is 0 Å². The first-order chi connectivity index (χ1) is 14.6. The van der Waals surface area contributed by atoms with E-state index >= 15 is 0 Å². The van der Waals surface area contributed by atoms with E-state index in [4.69, 9.17) is 0 Å². The smallest absolute Gasteiger partial charge is 0.255 e. The van der Waals surface area contributed by atoms with Crippen molar-refractivity contribution < 1.29 is 9.18 Å². The number of carbonyl (C=O) groups is 1. The van der Waals surface area contributed by atoms with Gasteiger partial charge in [0.05, 0.1) is 5.69 Å². The van der Waals surface area contributed by atoms with Gasteiger partial charge in [-0.15, -0.1) is 0 Å². The second-order valence-electron chi connectivity index (χ2n) is 6.72. The molecule has 0 radical (unpaired) electrons. The lowest BCUT2D eigenvalue weighted by Gasteiger charge is -2.11. The largest absolute Gasteiger partial charge is 0.340 e. The molecule has 0 atom stereocenters. The monoisotopic (exact) mass is 398 g/mol. The number of hydrogen-bond donors (Lipinski definition) is 2. The van der Waals surface area contributed by atoms with Crippen LogP contribution in [0.15, 0.2) is 84.9 Å². The van der Waals surface area contributed by atoms with Crippen LogP contribution in [0, 0.1) is 12.7 Å². The van der Waals surface area contributed by atoms with Crippen molar-refractivity contribution in [2.24, 2.45) is 0 Å². The molecule has 1 amide bonds. The first kappa shape index (κ1) is 19.3. The normalized spacial score (nSPS) is 10.5. The second-order valence-corrected chi connectivity index (χ2v) is 6.72. The molecule has 0 spiro atoms. The van der Waals surface area contributed by atoms with Gasteiger partial charge in [0.1, 0.15) is 17.5 Å². The summed E-state index contributed by atoms with van der Waals surface area (Å²) in [6, 6.07) is 24.5. The Morgan fingerprint density at radius 3 is 2.40 bits per heavy atom. The van der Waals surface area contributed by atoms with Gasteiger partial charge in [-0.3, -0.25) is 4.79 Å². The minimum atomic E-state index is -0.406. The maximum absolute atomic E-state index is 13.3. The summed E-state index contributed by atoms with van der Waals surface area (Å²) >= 11 is 0. The van der Waals surface area contributed by atoms with Crippen LogP contribution < -0.4 is 10.6 Å². The molecular weight excluding hydrogens is 379 g/mol. The van der Waals surface area contributed by atoms with E-state index in [0.29, 0.717) is 28.6 Å². The maximum atomic E-state index is 13.3. The molecule has 1 heterocycles. The predicted octanol–water partition coefficient (Wildman–Crippen LogP) is 5.59. The van der Waals surface area contributed by atoms with Crippen molar-refractivity contribution in [3.63, 3.8) is 0 Å². The van der Waals surface area contributed by atoms with Gasteiger partial charge in [-0.25, -0.2) is 14.4 Å². The Hall–Kier alpha value is -4.06. The number of rotatable bonds is 5. The van der Waals surface area contributed by atoms with Gasteiger partial charge in [0, 0.05) is 28.6 Å². The number of amides is 1. The van der Waals surface area contributed by atoms with Gasteiger partial charge in [-0.2, -0.15) is 0 Å². The summed E-state index contributed by atoms with van der Waals surface area (Å²) < 4.78 is 13.3. The van der Waals surface area contributed by atoms with Crippen LogP contribution in [0.5, 0.6) is 0 Å². The first-order valence-electron chi connectivity index (χ1n) is 9.42. The molecule has 4 aromatic rings. The molecule has 0 unspecified atom stereocenters. The van der Waals surface area contributed by atoms with Crippen LogP contribution in [-0.2, 0) is 0 Å². The average Bonchev–Trinajstić information content (AvgIpc) is 2.74. The molecule has 3 aromatic carbocycles. The Bertz CT molecular complexity index is 1190. The molecule has 0 aliphatic carbocycles. The number of aromatic nitrogens is 2. The minimum absolute atomic E-state index is 0.326. The maximum Gasteiger partial charge on any atom is 0.255 e. The molecule has 148 valence electrons. The van der Waals surface area contributed by atoms with E-state index in [9.17, 15) is 9.18 Å². The van der Waals surface area contributed by atoms with Crippen LogP contribution in [0.25, 0.3) is 11.3 Å². The van der Waals surface area contributed by atoms with Crippen molar-refractivity contribution in [1.82, 2.24) is 9.97 Å². The number of nitrogens with zero attached hydrogens (tertiary/aromatic N) is 2. The summed E-state index contributed by atoms with van der Waals surface area (Å²) in [6.07, 6.45) is 0. The Morgan fingerprint density at radius 2 is 1.60 bits per heavy atom. The molecule has 2 N–H and O–H groups in total. The lowest BCUT2D eigenvalue weighted by molar-refractivity contribution is 0.102. The summed E-state index contributed by atoms with van der Waals surface area (Å²) in [4.78, 5) is 21.5. The third-order valence-corrected chi connectivity index (χ3v) is 4.39.